The van der Waals surface area contributed by atoms with Crippen molar-refractivity contribution in [2.24, 2.45) is 13.0 Å². The molecule has 5 heteroatoms. The Balaban J connectivity index is 1.54. The summed E-state index contributed by atoms with van der Waals surface area (Å²) in [6.07, 6.45) is 7.59. The summed E-state index contributed by atoms with van der Waals surface area (Å²) in [7, 11) is 1.88. The van der Waals surface area contributed by atoms with Crippen LogP contribution in [0.5, 0.6) is 0 Å². The molecule has 0 radical (unpaired) electrons. The summed E-state index contributed by atoms with van der Waals surface area (Å²) in [5.74, 6) is 1.08. The Kier molecular flexibility index (Phi) is 4.29. The van der Waals surface area contributed by atoms with Gasteiger partial charge in [-0.05, 0) is 44.6 Å². The van der Waals surface area contributed by atoms with E-state index in [2.05, 4.69) is 10.4 Å². The minimum Gasteiger partial charge on any atom is -0.338 e. The van der Waals surface area contributed by atoms with Crippen molar-refractivity contribution in [1.82, 2.24) is 20.0 Å². The molecule has 1 aromatic heterocycles. The smallest absolute Gasteiger partial charge is 0.257 e. The fourth-order valence-electron chi connectivity index (χ4n) is 3.09. The first-order valence-corrected chi connectivity index (χ1v) is 8.22. The van der Waals surface area contributed by atoms with Crippen LogP contribution in [0.4, 0.5) is 0 Å². The molecule has 1 aliphatic carbocycles. The second-order valence-electron chi connectivity index (χ2n) is 6.43. The maximum atomic E-state index is 12.6. The number of amides is 1. The highest BCUT2D eigenvalue weighted by Gasteiger charge is 2.27. The van der Waals surface area contributed by atoms with E-state index in [4.69, 9.17) is 0 Å². The number of piperidine rings is 1. The van der Waals surface area contributed by atoms with Crippen molar-refractivity contribution in [2.75, 3.05) is 19.6 Å². The molecule has 0 aromatic carbocycles. The van der Waals surface area contributed by atoms with Crippen LogP contribution >= 0.6 is 0 Å². The summed E-state index contributed by atoms with van der Waals surface area (Å²) >= 11 is 0. The Bertz CT molecular complexity index is 498. The molecule has 0 unspecified atom stereocenters. The monoisotopic (exact) mass is 290 g/mol. The lowest BCUT2D eigenvalue weighted by Gasteiger charge is -2.32. The number of carbonyl (C=O) groups is 1. The molecule has 1 amide bonds. The normalized spacial score (nSPS) is 20.0. The highest BCUT2D eigenvalue weighted by molar-refractivity contribution is 5.95. The molecular formula is C16H26N4O. The van der Waals surface area contributed by atoms with Crippen LogP contribution in [0.25, 0.3) is 0 Å². The number of rotatable bonds is 5. The minimum atomic E-state index is 0.153. The predicted octanol–water partition coefficient (Wildman–Crippen LogP) is 1.59. The second kappa shape index (κ2) is 6.18. The van der Waals surface area contributed by atoms with Crippen molar-refractivity contribution >= 4 is 5.91 Å². The maximum absolute atomic E-state index is 12.6. The highest BCUT2D eigenvalue weighted by atomic mass is 16.2. The zero-order chi connectivity index (χ0) is 14.8. The minimum absolute atomic E-state index is 0.153. The first-order valence-electron chi connectivity index (χ1n) is 8.22. The van der Waals surface area contributed by atoms with Crippen LogP contribution in [0.1, 0.15) is 48.7 Å². The van der Waals surface area contributed by atoms with E-state index < -0.39 is 0 Å². The van der Waals surface area contributed by atoms with Crippen LogP contribution in [-0.4, -0.2) is 46.3 Å². The third-order valence-electron chi connectivity index (χ3n) is 4.64. The van der Waals surface area contributed by atoms with Gasteiger partial charge in [0.25, 0.3) is 5.91 Å². The summed E-state index contributed by atoms with van der Waals surface area (Å²) in [6, 6.07) is 0.592. The number of nitrogens with zero attached hydrogens (tertiary/aromatic N) is 3. The number of carbonyl (C=O) groups excluding carboxylic acids is 1. The highest BCUT2D eigenvalue weighted by Crippen LogP contribution is 2.28. The molecule has 0 atom stereocenters. The number of nitrogens with one attached hydrogen (secondary N) is 1. The van der Waals surface area contributed by atoms with E-state index in [9.17, 15) is 4.79 Å². The van der Waals surface area contributed by atoms with Crippen LogP contribution in [0.3, 0.4) is 0 Å². The Hall–Kier alpha value is -1.36. The van der Waals surface area contributed by atoms with Crippen molar-refractivity contribution in [3.63, 3.8) is 0 Å². The van der Waals surface area contributed by atoms with E-state index in [0.717, 1.165) is 49.5 Å². The van der Waals surface area contributed by atoms with E-state index >= 15 is 0 Å². The van der Waals surface area contributed by atoms with Crippen LogP contribution < -0.4 is 5.32 Å². The van der Waals surface area contributed by atoms with Gasteiger partial charge in [0.05, 0.1) is 11.3 Å². The lowest BCUT2D eigenvalue weighted by Crippen LogP contribution is -2.45. The summed E-state index contributed by atoms with van der Waals surface area (Å²) in [5.41, 5.74) is 1.70. The molecule has 3 rings (SSSR count). The molecule has 0 spiro atoms. The van der Waals surface area contributed by atoms with Crippen LogP contribution in [-0.2, 0) is 13.5 Å². The second-order valence-corrected chi connectivity index (χ2v) is 6.43. The SMILES string of the molecule is CCc1nn(C)cc1C(=O)N1CCC(NCC2CC2)CC1. The number of aromatic nitrogens is 2. The third kappa shape index (κ3) is 3.46. The Labute approximate surface area is 126 Å². The zero-order valence-corrected chi connectivity index (χ0v) is 13.1. The Morgan fingerprint density at radius 2 is 2.05 bits per heavy atom. The van der Waals surface area contributed by atoms with Crippen molar-refractivity contribution in [2.45, 2.75) is 45.1 Å². The van der Waals surface area contributed by atoms with Crippen molar-refractivity contribution in [1.29, 1.82) is 0 Å². The number of hydrogen-bond acceptors (Lipinski definition) is 3. The van der Waals surface area contributed by atoms with Gasteiger partial charge in [0.1, 0.15) is 0 Å². The van der Waals surface area contributed by atoms with Gasteiger partial charge in [-0.3, -0.25) is 9.48 Å². The molecule has 1 aliphatic heterocycles. The van der Waals surface area contributed by atoms with Crippen LogP contribution in [0.15, 0.2) is 6.20 Å². The summed E-state index contributed by atoms with van der Waals surface area (Å²) in [5, 5.41) is 8.03. The van der Waals surface area contributed by atoms with E-state index in [1.54, 1.807) is 4.68 Å². The van der Waals surface area contributed by atoms with Crippen molar-refractivity contribution in [3.8, 4) is 0 Å². The number of hydrogen-bond donors (Lipinski definition) is 1. The lowest BCUT2D eigenvalue weighted by molar-refractivity contribution is 0.0704. The summed E-state index contributed by atoms with van der Waals surface area (Å²) in [4.78, 5) is 14.6. The molecule has 21 heavy (non-hydrogen) atoms. The van der Waals surface area contributed by atoms with E-state index in [-0.39, 0.29) is 5.91 Å². The Morgan fingerprint density at radius 3 is 2.67 bits per heavy atom. The fourth-order valence-corrected chi connectivity index (χ4v) is 3.09. The molecule has 1 aromatic rings. The summed E-state index contributed by atoms with van der Waals surface area (Å²) in [6.45, 7) is 4.94. The van der Waals surface area contributed by atoms with Gasteiger partial charge < -0.3 is 10.2 Å². The van der Waals surface area contributed by atoms with Gasteiger partial charge in [0.15, 0.2) is 0 Å². The topological polar surface area (TPSA) is 50.2 Å². The van der Waals surface area contributed by atoms with E-state index in [1.165, 1.54) is 19.4 Å². The molecule has 2 aliphatic rings. The predicted molar refractivity (Wildman–Crippen MR) is 82.2 cm³/mol. The van der Waals surface area contributed by atoms with Gasteiger partial charge in [0, 0.05) is 32.4 Å². The fraction of sp³-hybridized carbons (Fsp3) is 0.750. The van der Waals surface area contributed by atoms with Gasteiger partial charge in [0.2, 0.25) is 0 Å². The van der Waals surface area contributed by atoms with Crippen molar-refractivity contribution in [3.05, 3.63) is 17.5 Å². The van der Waals surface area contributed by atoms with Gasteiger partial charge >= 0.3 is 0 Å². The summed E-state index contributed by atoms with van der Waals surface area (Å²) < 4.78 is 1.75. The zero-order valence-electron chi connectivity index (χ0n) is 13.1. The van der Waals surface area contributed by atoms with Crippen molar-refractivity contribution < 1.29 is 4.79 Å². The lowest BCUT2D eigenvalue weighted by atomic mass is 10.0. The molecule has 2 heterocycles. The van der Waals surface area contributed by atoms with Gasteiger partial charge in [-0.15, -0.1) is 0 Å². The first kappa shape index (κ1) is 14.6. The molecule has 116 valence electrons. The van der Waals surface area contributed by atoms with Gasteiger partial charge in [-0.1, -0.05) is 6.92 Å². The number of aryl methyl sites for hydroxylation is 2. The molecule has 1 N–H and O–H groups in total. The Morgan fingerprint density at radius 1 is 1.33 bits per heavy atom. The third-order valence-corrected chi connectivity index (χ3v) is 4.64. The van der Waals surface area contributed by atoms with Gasteiger partial charge in [-0.2, -0.15) is 5.10 Å². The maximum Gasteiger partial charge on any atom is 0.257 e. The quantitative estimate of drug-likeness (QED) is 0.896. The van der Waals surface area contributed by atoms with E-state index in [1.807, 2.05) is 25.1 Å². The molecule has 1 saturated carbocycles. The first-order chi connectivity index (χ1) is 10.2. The molecule has 2 fully saturated rings. The van der Waals surface area contributed by atoms with Crippen LogP contribution in [0, 0.1) is 5.92 Å². The number of likely N-dealkylation sites (tertiary alicyclic amines) is 1. The molecular weight excluding hydrogens is 264 g/mol. The average Bonchev–Trinajstić information content (AvgIpc) is 3.26. The van der Waals surface area contributed by atoms with Gasteiger partial charge in [-0.25, -0.2) is 0 Å². The standard InChI is InChI=1S/C16H26N4O/c1-3-15-14(11-19(2)18-15)16(21)20-8-6-13(7-9-20)17-10-12-4-5-12/h11-13,17H,3-10H2,1-2H3. The average molecular weight is 290 g/mol. The molecule has 0 bridgehead atoms. The van der Waals surface area contributed by atoms with Crippen LogP contribution in [0.2, 0.25) is 0 Å². The van der Waals surface area contributed by atoms with E-state index in [0.29, 0.717) is 6.04 Å². The molecule has 1 saturated heterocycles. The largest absolute Gasteiger partial charge is 0.338 e. The molecule has 5 nitrogen and oxygen atoms in total.